The van der Waals surface area contributed by atoms with Crippen molar-refractivity contribution in [1.29, 1.82) is 0 Å². The van der Waals surface area contributed by atoms with E-state index in [1.807, 2.05) is 6.20 Å². The molecule has 2 rings (SSSR count). The van der Waals surface area contributed by atoms with Crippen LogP contribution in [-0.2, 0) is 6.42 Å². The van der Waals surface area contributed by atoms with Gasteiger partial charge in [-0.05, 0) is 31.1 Å². The predicted molar refractivity (Wildman–Crippen MR) is 69.7 cm³/mol. The summed E-state index contributed by atoms with van der Waals surface area (Å²) in [6.45, 7) is 2.33. The van der Waals surface area contributed by atoms with Crippen molar-refractivity contribution < 1.29 is 0 Å². The quantitative estimate of drug-likeness (QED) is 0.757. The molecule has 0 aliphatic heterocycles. The Labute approximate surface area is 104 Å². The molecule has 3 heteroatoms. The maximum absolute atomic E-state index is 4.41. The zero-order valence-corrected chi connectivity index (χ0v) is 11.6. The number of halogens is 1. The summed E-state index contributed by atoms with van der Waals surface area (Å²) in [6, 6.07) is 0. The van der Waals surface area contributed by atoms with Crippen LogP contribution in [0.3, 0.4) is 0 Å². The van der Waals surface area contributed by atoms with Crippen molar-refractivity contribution in [1.82, 2.24) is 4.98 Å². The normalized spacial score (nSPS) is 31.7. The van der Waals surface area contributed by atoms with Gasteiger partial charge in [0.25, 0.3) is 0 Å². The molecule has 0 saturated heterocycles. The highest BCUT2D eigenvalue weighted by Gasteiger charge is 2.28. The van der Waals surface area contributed by atoms with Gasteiger partial charge in [0.2, 0.25) is 0 Å². The minimum Gasteiger partial charge on any atom is -0.250 e. The van der Waals surface area contributed by atoms with Gasteiger partial charge in [-0.25, -0.2) is 4.98 Å². The van der Waals surface area contributed by atoms with E-state index in [9.17, 15) is 0 Å². The van der Waals surface area contributed by atoms with Crippen molar-refractivity contribution in [2.75, 3.05) is 0 Å². The molecule has 1 saturated carbocycles. The van der Waals surface area contributed by atoms with E-state index in [0.717, 1.165) is 16.7 Å². The SMILES string of the molecule is CCC1CCC(Br)CC1Cc1nccs1. The standard InChI is InChI=1S/C12H18BrNS/c1-2-9-3-4-11(13)7-10(9)8-12-14-5-6-15-12/h5-6,9-11H,2-4,7-8H2,1H3. The Kier molecular flexibility index (Phi) is 4.21. The predicted octanol–water partition coefficient (Wildman–Crippen LogP) is 4.28. The molecule has 1 fully saturated rings. The summed E-state index contributed by atoms with van der Waals surface area (Å²) in [7, 11) is 0. The zero-order valence-electron chi connectivity index (χ0n) is 9.16. The van der Waals surface area contributed by atoms with Crippen molar-refractivity contribution >= 4 is 27.3 Å². The van der Waals surface area contributed by atoms with Crippen LogP contribution in [0.2, 0.25) is 0 Å². The molecular formula is C12H18BrNS. The molecule has 1 aromatic rings. The summed E-state index contributed by atoms with van der Waals surface area (Å²) >= 11 is 5.58. The highest BCUT2D eigenvalue weighted by molar-refractivity contribution is 9.09. The molecular weight excluding hydrogens is 270 g/mol. The monoisotopic (exact) mass is 287 g/mol. The third-order valence-electron chi connectivity index (χ3n) is 3.52. The summed E-state index contributed by atoms with van der Waals surface area (Å²) in [5.41, 5.74) is 0. The summed E-state index contributed by atoms with van der Waals surface area (Å²) in [5.74, 6) is 1.77. The first kappa shape index (κ1) is 11.6. The highest BCUT2D eigenvalue weighted by atomic mass is 79.9. The van der Waals surface area contributed by atoms with Gasteiger partial charge in [0.1, 0.15) is 0 Å². The molecule has 3 unspecified atom stereocenters. The Balaban J connectivity index is 1.98. The van der Waals surface area contributed by atoms with Gasteiger partial charge in [0.15, 0.2) is 0 Å². The summed E-state index contributed by atoms with van der Waals surface area (Å²) < 4.78 is 0. The molecule has 0 bridgehead atoms. The molecule has 1 heterocycles. The lowest BCUT2D eigenvalue weighted by molar-refractivity contribution is 0.236. The van der Waals surface area contributed by atoms with Gasteiger partial charge in [-0.1, -0.05) is 29.3 Å². The molecule has 15 heavy (non-hydrogen) atoms. The molecule has 0 N–H and O–H groups in total. The van der Waals surface area contributed by atoms with E-state index in [0.29, 0.717) is 0 Å². The van der Waals surface area contributed by atoms with Crippen LogP contribution in [0.4, 0.5) is 0 Å². The van der Waals surface area contributed by atoms with Crippen LogP contribution < -0.4 is 0 Å². The second-order valence-electron chi connectivity index (χ2n) is 4.47. The number of hydrogen-bond donors (Lipinski definition) is 0. The number of aromatic nitrogens is 1. The fourth-order valence-corrected chi connectivity index (χ4v) is 4.09. The molecule has 0 radical (unpaired) electrons. The highest BCUT2D eigenvalue weighted by Crippen LogP contribution is 2.37. The molecule has 1 aromatic heterocycles. The van der Waals surface area contributed by atoms with Gasteiger partial charge >= 0.3 is 0 Å². The first-order valence-electron chi connectivity index (χ1n) is 5.82. The Morgan fingerprint density at radius 2 is 2.33 bits per heavy atom. The average Bonchev–Trinajstić information content (AvgIpc) is 2.71. The van der Waals surface area contributed by atoms with Crippen LogP contribution in [0.1, 0.15) is 37.6 Å². The number of nitrogens with zero attached hydrogens (tertiary/aromatic N) is 1. The Morgan fingerprint density at radius 1 is 1.47 bits per heavy atom. The number of rotatable bonds is 3. The lowest BCUT2D eigenvalue weighted by Crippen LogP contribution is -2.26. The Bertz CT molecular complexity index is 286. The lowest BCUT2D eigenvalue weighted by atomic mass is 9.76. The summed E-state index contributed by atoms with van der Waals surface area (Å²) in [6.07, 6.45) is 8.52. The van der Waals surface area contributed by atoms with Crippen LogP contribution in [0.15, 0.2) is 11.6 Å². The lowest BCUT2D eigenvalue weighted by Gasteiger charge is -2.33. The Hall–Kier alpha value is 0.110. The van der Waals surface area contributed by atoms with E-state index < -0.39 is 0 Å². The van der Waals surface area contributed by atoms with E-state index in [-0.39, 0.29) is 0 Å². The molecule has 1 nitrogen and oxygen atoms in total. The van der Waals surface area contributed by atoms with E-state index in [1.165, 1.54) is 37.1 Å². The van der Waals surface area contributed by atoms with E-state index in [1.54, 1.807) is 11.3 Å². The van der Waals surface area contributed by atoms with E-state index in [4.69, 9.17) is 0 Å². The molecule has 1 aliphatic carbocycles. The van der Waals surface area contributed by atoms with Crippen molar-refractivity contribution in [3.63, 3.8) is 0 Å². The second-order valence-corrected chi connectivity index (χ2v) is 6.74. The molecule has 3 atom stereocenters. The average molecular weight is 288 g/mol. The second kappa shape index (κ2) is 5.44. The summed E-state index contributed by atoms with van der Waals surface area (Å²) in [4.78, 5) is 5.15. The third-order valence-corrected chi connectivity index (χ3v) is 5.15. The minimum absolute atomic E-state index is 0.741. The van der Waals surface area contributed by atoms with Crippen LogP contribution in [0.5, 0.6) is 0 Å². The first-order chi connectivity index (χ1) is 7.29. The largest absolute Gasteiger partial charge is 0.250 e. The van der Waals surface area contributed by atoms with E-state index >= 15 is 0 Å². The van der Waals surface area contributed by atoms with Crippen molar-refractivity contribution in [2.24, 2.45) is 11.8 Å². The van der Waals surface area contributed by atoms with Gasteiger partial charge in [0, 0.05) is 22.8 Å². The third kappa shape index (κ3) is 3.04. The van der Waals surface area contributed by atoms with Crippen LogP contribution in [0.25, 0.3) is 0 Å². The molecule has 0 spiro atoms. The summed E-state index contributed by atoms with van der Waals surface area (Å²) in [5, 5.41) is 3.41. The number of thiazole rings is 1. The van der Waals surface area contributed by atoms with Crippen molar-refractivity contribution in [2.45, 2.75) is 43.9 Å². The van der Waals surface area contributed by atoms with Gasteiger partial charge in [0.05, 0.1) is 5.01 Å². The van der Waals surface area contributed by atoms with Crippen molar-refractivity contribution in [3.05, 3.63) is 16.6 Å². The van der Waals surface area contributed by atoms with Crippen LogP contribution >= 0.6 is 27.3 Å². The smallest absolute Gasteiger partial charge is 0.0927 e. The zero-order chi connectivity index (χ0) is 10.7. The number of alkyl halides is 1. The van der Waals surface area contributed by atoms with E-state index in [2.05, 4.69) is 33.2 Å². The van der Waals surface area contributed by atoms with Crippen molar-refractivity contribution in [3.8, 4) is 0 Å². The molecule has 84 valence electrons. The van der Waals surface area contributed by atoms with Gasteiger partial charge in [-0.3, -0.25) is 0 Å². The van der Waals surface area contributed by atoms with Gasteiger partial charge in [-0.2, -0.15) is 0 Å². The van der Waals surface area contributed by atoms with Crippen LogP contribution in [0, 0.1) is 11.8 Å². The van der Waals surface area contributed by atoms with Crippen LogP contribution in [-0.4, -0.2) is 9.81 Å². The first-order valence-corrected chi connectivity index (χ1v) is 7.61. The van der Waals surface area contributed by atoms with Gasteiger partial charge in [-0.15, -0.1) is 11.3 Å². The maximum atomic E-state index is 4.41. The Morgan fingerprint density at radius 3 is 3.00 bits per heavy atom. The molecule has 0 amide bonds. The van der Waals surface area contributed by atoms with Gasteiger partial charge < -0.3 is 0 Å². The minimum atomic E-state index is 0.741. The molecule has 1 aliphatic rings. The number of hydrogen-bond acceptors (Lipinski definition) is 2. The molecule has 0 aromatic carbocycles. The topological polar surface area (TPSA) is 12.9 Å². The maximum Gasteiger partial charge on any atom is 0.0927 e. The fourth-order valence-electron chi connectivity index (χ4n) is 2.63. The fraction of sp³-hybridized carbons (Fsp3) is 0.750.